The first kappa shape index (κ1) is 42.2. The van der Waals surface area contributed by atoms with Crippen molar-refractivity contribution >= 4 is 41.5 Å². The van der Waals surface area contributed by atoms with E-state index in [-0.39, 0.29) is 43.1 Å². The third-order valence-corrected chi connectivity index (χ3v) is 9.09. The van der Waals surface area contributed by atoms with E-state index in [9.17, 15) is 33.9 Å². The molecule has 0 unspecified atom stereocenters. The lowest BCUT2D eigenvalue weighted by molar-refractivity contribution is -0.150. The van der Waals surface area contributed by atoms with Crippen molar-refractivity contribution in [2.24, 2.45) is 39.8 Å². The van der Waals surface area contributed by atoms with Gasteiger partial charge in [0.15, 0.2) is 5.96 Å². The molecule has 0 aliphatic carbocycles. The predicted octanol–water partition coefficient (Wildman–Crippen LogP) is -1.28. The Kier molecular flexibility index (Phi) is 17.4. The topological polar surface area (TPSA) is 282 Å². The van der Waals surface area contributed by atoms with Crippen molar-refractivity contribution in [3.63, 3.8) is 0 Å². The Bertz CT molecular complexity index is 1210. The van der Waals surface area contributed by atoms with Crippen LogP contribution in [0.3, 0.4) is 0 Å². The average molecular weight is 709 g/mol. The number of carbonyl (C=O) groups excluding carboxylic acids is 5. The van der Waals surface area contributed by atoms with Gasteiger partial charge in [0.05, 0.1) is 6.04 Å². The Morgan fingerprint density at radius 2 is 1.40 bits per heavy atom. The predicted molar refractivity (Wildman–Crippen MR) is 188 cm³/mol. The molecule has 0 saturated carbocycles. The Morgan fingerprint density at radius 1 is 0.800 bits per heavy atom. The fourth-order valence-electron chi connectivity index (χ4n) is 6.40. The van der Waals surface area contributed by atoms with Crippen molar-refractivity contribution < 1.29 is 33.9 Å². The van der Waals surface area contributed by atoms with Gasteiger partial charge >= 0.3 is 5.97 Å². The highest BCUT2D eigenvalue weighted by Gasteiger charge is 2.40. The molecule has 0 aromatic heterocycles. The monoisotopic (exact) mass is 708 g/mol. The molecule has 6 atom stereocenters. The SMILES string of the molecule is CC(C)C[C@H](NC(=O)[C@H](CCCCN)NC(=O)[C@@H]1CCCN1C(=O)[C@@H](N)CCCN=C(N)N)C(=O)N[C@H](C(=O)N1CCC[C@H]1C(=O)O)C(C)C. The first-order valence-corrected chi connectivity index (χ1v) is 17.8. The van der Waals surface area contributed by atoms with Crippen LogP contribution in [-0.2, 0) is 28.8 Å². The van der Waals surface area contributed by atoms with Crippen LogP contribution in [-0.4, -0.2) is 119 Å². The molecule has 0 aromatic rings. The quantitative estimate of drug-likeness (QED) is 0.0419. The minimum atomic E-state index is -1.09. The van der Waals surface area contributed by atoms with Gasteiger partial charge in [-0.3, -0.25) is 29.0 Å². The minimum Gasteiger partial charge on any atom is -0.480 e. The van der Waals surface area contributed by atoms with Gasteiger partial charge in [0, 0.05) is 19.6 Å². The number of aliphatic carboxylic acids is 1. The zero-order valence-corrected chi connectivity index (χ0v) is 30.1. The van der Waals surface area contributed by atoms with Gasteiger partial charge in [-0.1, -0.05) is 27.7 Å². The van der Waals surface area contributed by atoms with Crippen molar-refractivity contribution in [2.75, 3.05) is 26.2 Å². The molecule has 17 heteroatoms. The summed E-state index contributed by atoms with van der Waals surface area (Å²) in [6, 6.07) is -5.69. The number of guanidine groups is 1. The number of aliphatic imine (C=N–C) groups is 1. The minimum absolute atomic E-state index is 0.0266. The highest BCUT2D eigenvalue weighted by Crippen LogP contribution is 2.22. The number of carboxylic acids is 1. The van der Waals surface area contributed by atoms with Crippen LogP contribution in [0.2, 0.25) is 0 Å². The summed E-state index contributed by atoms with van der Waals surface area (Å²) < 4.78 is 0. The smallest absolute Gasteiger partial charge is 0.326 e. The zero-order chi connectivity index (χ0) is 37.5. The van der Waals surface area contributed by atoms with Gasteiger partial charge in [-0.05, 0) is 82.6 Å². The fourth-order valence-corrected chi connectivity index (χ4v) is 6.40. The van der Waals surface area contributed by atoms with E-state index in [0.717, 1.165) is 0 Å². The van der Waals surface area contributed by atoms with Crippen LogP contribution >= 0.6 is 0 Å². The van der Waals surface area contributed by atoms with Gasteiger partial charge in [-0.25, -0.2) is 4.79 Å². The fraction of sp³-hybridized carbons (Fsp3) is 0.788. The lowest BCUT2D eigenvalue weighted by Crippen LogP contribution is -2.60. The Hall–Kier alpha value is -3.99. The molecule has 284 valence electrons. The number of nitrogens with two attached hydrogens (primary N) is 4. The van der Waals surface area contributed by atoms with Crippen molar-refractivity contribution in [3.05, 3.63) is 0 Å². The second-order valence-corrected chi connectivity index (χ2v) is 14.0. The summed E-state index contributed by atoms with van der Waals surface area (Å²) in [6.07, 6.45) is 4.29. The van der Waals surface area contributed by atoms with E-state index in [4.69, 9.17) is 22.9 Å². The number of carboxylic acid groups (broad SMARTS) is 1. The van der Waals surface area contributed by atoms with Crippen LogP contribution in [0.15, 0.2) is 4.99 Å². The second-order valence-electron chi connectivity index (χ2n) is 14.0. The van der Waals surface area contributed by atoms with Crippen LogP contribution in [0.5, 0.6) is 0 Å². The number of carbonyl (C=O) groups is 6. The standard InChI is InChI=1S/C33H60N10O7/c1-19(2)18-23(28(45)41-26(20(3)4)31(48)43-17-9-13-25(43)32(49)50)40-27(44)22(11-5-6-14-34)39-29(46)24-12-8-16-42(24)30(47)21(35)10-7-15-38-33(36)37/h19-26H,5-18,34-35H2,1-4H3,(H,39,46)(H,40,44)(H,41,45)(H,49,50)(H4,36,37,38)/t21-,22-,23-,24-,25-,26-/m0/s1. The van der Waals surface area contributed by atoms with Gasteiger partial charge in [0.25, 0.3) is 0 Å². The molecule has 0 spiro atoms. The molecule has 2 aliphatic rings. The molecule has 2 rings (SSSR count). The average Bonchev–Trinajstić information content (AvgIpc) is 3.74. The number of unbranched alkanes of at least 4 members (excludes halogenated alkanes) is 1. The van der Waals surface area contributed by atoms with Gasteiger partial charge < -0.3 is 53.8 Å². The van der Waals surface area contributed by atoms with Gasteiger partial charge in [-0.2, -0.15) is 0 Å². The molecule has 0 bridgehead atoms. The first-order valence-electron chi connectivity index (χ1n) is 17.8. The van der Waals surface area contributed by atoms with Gasteiger partial charge in [0.1, 0.15) is 30.2 Å². The van der Waals surface area contributed by atoms with E-state index in [0.29, 0.717) is 71.0 Å². The number of nitrogens with one attached hydrogen (secondary N) is 3. The Morgan fingerprint density at radius 3 is 1.96 bits per heavy atom. The Labute approximate surface area is 295 Å². The maximum atomic E-state index is 13.8. The van der Waals surface area contributed by atoms with Gasteiger partial charge in [-0.15, -0.1) is 0 Å². The van der Waals surface area contributed by atoms with E-state index in [1.165, 1.54) is 9.80 Å². The maximum absolute atomic E-state index is 13.8. The number of likely N-dealkylation sites (tertiary alicyclic amines) is 2. The number of hydrogen-bond acceptors (Lipinski definition) is 9. The summed E-state index contributed by atoms with van der Waals surface area (Å²) in [4.78, 5) is 86.1. The van der Waals surface area contributed by atoms with Crippen LogP contribution < -0.4 is 38.9 Å². The molecule has 2 aliphatic heterocycles. The third kappa shape index (κ3) is 12.7. The van der Waals surface area contributed by atoms with Crippen LogP contribution in [0.1, 0.15) is 91.9 Å². The summed E-state index contributed by atoms with van der Waals surface area (Å²) in [5.41, 5.74) is 22.5. The summed E-state index contributed by atoms with van der Waals surface area (Å²) in [5.74, 6) is -4.04. The summed E-state index contributed by atoms with van der Waals surface area (Å²) >= 11 is 0. The van der Waals surface area contributed by atoms with Crippen molar-refractivity contribution in [1.29, 1.82) is 0 Å². The van der Waals surface area contributed by atoms with E-state index < -0.39 is 65.8 Å². The number of rotatable bonds is 20. The molecule has 2 fully saturated rings. The molecule has 12 N–H and O–H groups in total. The molecular formula is C33H60N10O7. The van der Waals surface area contributed by atoms with E-state index in [2.05, 4.69) is 20.9 Å². The summed E-state index contributed by atoms with van der Waals surface area (Å²) in [7, 11) is 0. The lowest BCUT2D eigenvalue weighted by Gasteiger charge is -2.31. The van der Waals surface area contributed by atoms with E-state index >= 15 is 0 Å². The maximum Gasteiger partial charge on any atom is 0.326 e. The third-order valence-electron chi connectivity index (χ3n) is 9.09. The molecule has 2 heterocycles. The summed E-state index contributed by atoms with van der Waals surface area (Å²) in [6.45, 7) is 8.61. The van der Waals surface area contributed by atoms with Crippen molar-refractivity contribution in [3.8, 4) is 0 Å². The second kappa shape index (κ2) is 20.6. The van der Waals surface area contributed by atoms with Crippen LogP contribution in [0, 0.1) is 11.8 Å². The van der Waals surface area contributed by atoms with Crippen molar-refractivity contribution in [1.82, 2.24) is 25.8 Å². The molecule has 17 nitrogen and oxygen atoms in total. The van der Waals surface area contributed by atoms with E-state index in [1.807, 2.05) is 13.8 Å². The molecular weight excluding hydrogens is 648 g/mol. The van der Waals surface area contributed by atoms with Crippen molar-refractivity contribution in [2.45, 2.75) is 128 Å². The first-order chi connectivity index (χ1) is 23.6. The molecule has 0 aromatic carbocycles. The highest BCUT2D eigenvalue weighted by atomic mass is 16.4. The van der Waals surface area contributed by atoms with E-state index in [1.54, 1.807) is 13.8 Å². The Balaban J connectivity index is 2.18. The van der Waals surface area contributed by atoms with Crippen LogP contribution in [0.4, 0.5) is 0 Å². The number of nitrogens with zero attached hydrogens (tertiary/aromatic N) is 3. The molecule has 0 radical (unpaired) electrons. The normalized spacial score (nSPS) is 19.8. The molecule has 2 saturated heterocycles. The summed E-state index contributed by atoms with van der Waals surface area (Å²) in [5, 5.41) is 18.0. The lowest BCUT2D eigenvalue weighted by atomic mass is 9.98. The zero-order valence-electron chi connectivity index (χ0n) is 30.1. The highest BCUT2D eigenvalue weighted by molar-refractivity contribution is 5.96. The number of amides is 5. The largest absolute Gasteiger partial charge is 0.480 e. The van der Waals surface area contributed by atoms with Crippen LogP contribution in [0.25, 0.3) is 0 Å². The molecule has 5 amide bonds. The number of hydrogen-bond donors (Lipinski definition) is 8. The van der Waals surface area contributed by atoms with Gasteiger partial charge in [0.2, 0.25) is 29.5 Å². The molecule has 50 heavy (non-hydrogen) atoms.